The molecule has 1 saturated heterocycles. The molecule has 0 bridgehead atoms. The molecule has 2 heterocycles. The molecule has 11 heteroatoms. The number of amides is 1. The number of carbonyl (C=O) groups excluding carboxylic acids is 1. The maximum Gasteiger partial charge on any atom is 0.246 e. The van der Waals surface area contributed by atoms with Gasteiger partial charge in [-0.15, -0.1) is 12.4 Å². The smallest absolute Gasteiger partial charge is 0.246 e. The summed E-state index contributed by atoms with van der Waals surface area (Å²) in [5.41, 5.74) is 0.272. The molecule has 1 amide bonds. The summed E-state index contributed by atoms with van der Waals surface area (Å²) in [4.78, 5) is 14.4. The summed E-state index contributed by atoms with van der Waals surface area (Å²) < 4.78 is 32.0. The van der Waals surface area contributed by atoms with Crippen LogP contribution in [0.3, 0.4) is 0 Å². The van der Waals surface area contributed by atoms with E-state index in [2.05, 4.69) is 25.4 Å². The van der Waals surface area contributed by atoms with Crippen molar-refractivity contribution in [2.24, 2.45) is 0 Å². The Morgan fingerprint density at radius 3 is 2.58 bits per heavy atom. The van der Waals surface area contributed by atoms with E-state index in [1.54, 1.807) is 6.92 Å². The lowest BCUT2D eigenvalue weighted by Crippen LogP contribution is -2.46. The van der Waals surface area contributed by atoms with E-state index >= 15 is 0 Å². The molecule has 26 heavy (non-hydrogen) atoms. The van der Waals surface area contributed by atoms with E-state index in [4.69, 9.17) is 4.52 Å². The number of nitrogens with one attached hydrogen (secondary N) is 3. The number of carbonyl (C=O) groups is 1. The van der Waals surface area contributed by atoms with E-state index < -0.39 is 16.1 Å². The third-order valence-electron chi connectivity index (χ3n) is 4.12. The number of aromatic nitrogens is 1. The topological polar surface area (TPSA) is 117 Å². The van der Waals surface area contributed by atoms with E-state index in [1.165, 1.54) is 13.8 Å². The zero-order valence-corrected chi connectivity index (χ0v) is 17.0. The molecule has 0 spiro atoms. The summed E-state index contributed by atoms with van der Waals surface area (Å²) in [6.45, 7) is 10.0. The van der Waals surface area contributed by atoms with Gasteiger partial charge in [0.25, 0.3) is 0 Å². The van der Waals surface area contributed by atoms with Gasteiger partial charge < -0.3 is 20.1 Å². The maximum absolute atomic E-state index is 12.4. The fraction of sp³-hybridized carbons (Fsp3) is 0.733. The number of sulfonamides is 1. The quantitative estimate of drug-likeness (QED) is 0.508. The minimum Gasteiger partial charge on any atom is -0.360 e. The average molecular weight is 410 g/mol. The lowest BCUT2D eigenvalue weighted by molar-refractivity contribution is -0.122. The first-order chi connectivity index (χ1) is 11.8. The van der Waals surface area contributed by atoms with Gasteiger partial charge in [-0.2, -0.15) is 4.72 Å². The minimum absolute atomic E-state index is 0. The molecule has 1 fully saturated rings. The number of hydrogen-bond donors (Lipinski definition) is 3. The van der Waals surface area contributed by atoms with Crippen LogP contribution in [0, 0.1) is 13.8 Å². The van der Waals surface area contributed by atoms with E-state index in [-0.39, 0.29) is 34.7 Å². The highest BCUT2D eigenvalue weighted by molar-refractivity contribution is 7.89. The molecule has 1 atom stereocenters. The zero-order chi connectivity index (χ0) is 18.4. The molecule has 1 aromatic rings. The van der Waals surface area contributed by atoms with Crippen molar-refractivity contribution in [1.82, 2.24) is 25.4 Å². The van der Waals surface area contributed by atoms with Crippen molar-refractivity contribution >= 4 is 28.3 Å². The number of rotatable bonds is 8. The van der Waals surface area contributed by atoms with Crippen LogP contribution in [0.4, 0.5) is 0 Å². The van der Waals surface area contributed by atoms with Crippen molar-refractivity contribution in [3.05, 3.63) is 11.5 Å². The highest BCUT2D eigenvalue weighted by Gasteiger charge is 2.27. The Bertz CT molecular complexity index is 669. The predicted molar refractivity (Wildman–Crippen MR) is 99.9 cm³/mol. The predicted octanol–water partition coefficient (Wildman–Crippen LogP) is -0.208. The highest BCUT2D eigenvalue weighted by atomic mass is 35.5. The number of hydrogen-bond acceptors (Lipinski definition) is 7. The zero-order valence-electron chi connectivity index (χ0n) is 15.4. The van der Waals surface area contributed by atoms with Crippen LogP contribution in [-0.4, -0.2) is 69.7 Å². The number of halogens is 1. The van der Waals surface area contributed by atoms with Crippen molar-refractivity contribution in [3.63, 3.8) is 0 Å². The lowest BCUT2D eigenvalue weighted by Gasteiger charge is -2.27. The van der Waals surface area contributed by atoms with Crippen LogP contribution in [-0.2, 0) is 14.8 Å². The van der Waals surface area contributed by atoms with Gasteiger partial charge in [0, 0.05) is 32.7 Å². The third-order valence-corrected chi connectivity index (χ3v) is 5.91. The van der Waals surface area contributed by atoms with Crippen LogP contribution in [0.1, 0.15) is 24.8 Å². The molecule has 1 aromatic heterocycles. The van der Waals surface area contributed by atoms with Crippen LogP contribution in [0.25, 0.3) is 0 Å². The fourth-order valence-corrected chi connectivity index (χ4v) is 4.34. The molecule has 2 rings (SSSR count). The van der Waals surface area contributed by atoms with Gasteiger partial charge in [-0.1, -0.05) is 5.16 Å². The molecule has 1 aliphatic rings. The van der Waals surface area contributed by atoms with E-state index in [0.29, 0.717) is 6.54 Å². The number of piperazine rings is 1. The normalized spacial score (nSPS) is 16.7. The highest BCUT2D eigenvalue weighted by Crippen LogP contribution is 2.18. The molecule has 9 nitrogen and oxygen atoms in total. The van der Waals surface area contributed by atoms with Crippen molar-refractivity contribution in [2.45, 2.75) is 38.1 Å². The Hall–Kier alpha value is -1.20. The second-order valence-corrected chi connectivity index (χ2v) is 7.88. The largest absolute Gasteiger partial charge is 0.360 e. The Labute approximate surface area is 160 Å². The Kier molecular flexibility index (Phi) is 8.97. The van der Waals surface area contributed by atoms with Crippen LogP contribution < -0.4 is 15.4 Å². The summed E-state index contributed by atoms with van der Waals surface area (Å²) in [5, 5.41) is 9.70. The van der Waals surface area contributed by atoms with Crippen molar-refractivity contribution in [3.8, 4) is 0 Å². The Balaban J connectivity index is 0.00000338. The summed E-state index contributed by atoms with van der Waals surface area (Å²) >= 11 is 0. The van der Waals surface area contributed by atoms with Gasteiger partial charge in [0.15, 0.2) is 5.76 Å². The second kappa shape index (κ2) is 10.2. The van der Waals surface area contributed by atoms with Gasteiger partial charge in [0.2, 0.25) is 15.9 Å². The van der Waals surface area contributed by atoms with Crippen LogP contribution in [0.5, 0.6) is 0 Å². The third kappa shape index (κ3) is 6.20. The monoisotopic (exact) mass is 409 g/mol. The molecule has 0 aliphatic carbocycles. The summed E-state index contributed by atoms with van der Waals surface area (Å²) in [7, 11) is -3.85. The Morgan fingerprint density at radius 2 is 2.00 bits per heavy atom. The molecular weight excluding hydrogens is 382 g/mol. The van der Waals surface area contributed by atoms with Crippen molar-refractivity contribution < 1.29 is 17.7 Å². The first-order valence-electron chi connectivity index (χ1n) is 8.47. The minimum atomic E-state index is -3.85. The molecule has 0 saturated carbocycles. The molecule has 150 valence electrons. The first kappa shape index (κ1) is 22.8. The lowest BCUT2D eigenvalue weighted by atomic mass is 10.3. The number of aryl methyl sites for hydroxylation is 2. The van der Waals surface area contributed by atoms with Gasteiger partial charge >= 0.3 is 0 Å². The van der Waals surface area contributed by atoms with Crippen LogP contribution >= 0.6 is 12.4 Å². The standard InChI is InChI=1S/C15H27N5O4S.ClH/c1-11-14(13(3)24-18-11)25(22,23)19-12(2)15(21)17-5-4-8-20-9-6-16-7-10-20;/h12,16,19H,4-10H2,1-3H3,(H,17,21);1H. The van der Waals surface area contributed by atoms with Gasteiger partial charge in [-0.05, 0) is 33.7 Å². The molecule has 3 N–H and O–H groups in total. The first-order valence-corrected chi connectivity index (χ1v) is 9.95. The van der Waals surface area contributed by atoms with E-state index in [1.807, 2.05) is 0 Å². The van der Waals surface area contributed by atoms with Crippen LogP contribution in [0.2, 0.25) is 0 Å². The van der Waals surface area contributed by atoms with Gasteiger partial charge in [-0.3, -0.25) is 4.79 Å². The van der Waals surface area contributed by atoms with E-state index in [9.17, 15) is 13.2 Å². The molecule has 1 unspecified atom stereocenters. The fourth-order valence-electron chi connectivity index (χ4n) is 2.81. The molecule has 1 aliphatic heterocycles. The van der Waals surface area contributed by atoms with E-state index in [0.717, 1.165) is 39.1 Å². The average Bonchev–Trinajstić information content (AvgIpc) is 2.91. The van der Waals surface area contributed by atoms with Gasteiger partial charge in [-0.25, -0.2) is 8.42 Å². The van der Waals surface area contributed by atoms with Crippen LogP contribution in [0.15, 0.2) is 9.42 Å². The SMILES string of the molecule is Cc1noc(C)c1S(=O)(=O)NC(C)C(=O)NCCCN1CCNCC1.Cl. The van der Waals surface area contributed by atoms with Gasteiger partial charge in [0.1, 0.15) is 10.6 Å². The summed E-state index contributed by atoms with van der Waals surface area (Å²) in [6, 6.07) is -0.877. The maximum atomic E-state index is 12.4. The molecule has 0 aromatic carbocycles. The van der Waals surface area contributed by atoms with Crippen molar-refractivity contribution in [2.75, 3.05) is 39.3 Å². The molecular formula is C15H28ClN5O4S. The Morgan fingerprint density at radius 1 is 1.35 bits per heavy atom. The number of nitrogens with zero attached hydrogens (tertiary/aromatic N) is 2. The summed E-state index contributed by atoms with van der Waals surface area (Å²) in [6.07, 6.45) is 0.828. The summed E-state index contributed by atoms with van der Waals surface area (Å²) in [5.74, 6) is -0.149. The van der Waals surface area contributed by atoms with Gasteiger partial charge in [0.05, 0.1) is 6.04 Å². The van der Waals surface area contributed by atoms with Crippen molar-refractivity contribution in [1.29, 1.82) is 0 Å². The molecule has 0 radical (unpaired) electrons. The second-order valence-electron chi connectivity index (χ2n) is 6.23.